The van der Waals surface area contributed by atoms with Crippen molar-refractivity contribution >= 4 is 15.9 Å². The Morgan fingerprint density at radius 1 is 1.00 bits per heavy atom. The lowest BCUT2D eigenvalue weighted by Crippen LogP contribution is -2.50. The maximum absolute atomic E-state index is 12.8. The lowest BCUT2D eigenvalue weighted by molar-refractivity contribution is -0.127. The third-order valence-corrected chi connectivity index (χ3v) is 6.23. The first-order chi connectivity index (χ1) is 11.5. The van der Waals surface area contributed by atoms with E-state index in [-0.39, 0.29) is 11.3 Å². The Kier molecular flexibility index (Phi) is 5.74. The van der Waals surface area contributed by atoms with Gasteiger partial charge in [-0.1, -0.05) is 38.5 Å². The summed E-state index contributed by atoms with van der Waals surface area (Å²) in [5.41, 5.74) is 2.03. The highest BCUT2D eigenvalue weighted by atomic mass is 32.2. The summed E-state index contributed by atoms with van der Waals surface area (Å²) in [6.45, 7) is 11.5. The molecule has 1 aliphatic heterocycles. The van der Waals surface area contributed by atoms with Crippen molar-refractivity contribution in [1.29, 1.82) is 0 Å². The predicted octanol–water partition coefficient (Wildman–Crippen LogP) is 2.78. The lowest BCUT2D eigenvalue weighted by atomic mass is 9.87. The number of rotatable bonds is 3. The molecule has 0 saturated carbocycles. The van der Waals surface area contributed by atoms with Gasteiger partial charge in [0.25, 0.3) is 0 Å². The topological polar surface area (TPSA) is 57.7 Å². The summed E-state index contributed by atoms with van der Waals surface area (Å²) in [7, 11) is -3.52. The molecule has 1 heterocycles. The Bertz CT molecular complexity index is 747. The minimum Gasteiger partial charge on any atom is -0.337 e. The van der Waals surface area contributed by atoms with E-state index >= 15 is 0 Å². The molecular weight excluding hydrogens is 336 g/mol. The summed E-state index contributed by atoms with van der Waals surface area (Å²) in [6.07, 6.45) is 1.59. The van der Waals surface area contributed by atoms with Crippen LogP contribution in [0.25, 0.3) is 0 Å². The highest BCUT2D eigenvalue weighted by Gasteiger charge is 2.29. The van der Waals surface area contributed by atoms with Crippen LogP contribution in [0.15, 0.2) is 40.8 Å². The minimum absolute atomic E-state index is 0.0147. The van der Waals surface area contributed by atoms with Crippen LogP contribution in [-0.2, 0) is 20.2 Å². The van der Waals surface area contributed by atoms with Gasteiger partial charge < -0.3 is 4.90 Å². The molecule has 2 rings (SSSR count). The van der Waals surface area contributed by atoms with Crippen LogP contribution < -0.4 is 0 Å². The fourth-order valence-corrected chi connectivity index (χ4v) is 4.19. The van der Waals surface area contributed by atoms with Gasteiger partial charge in [0.1, 0.15) is 0 Å². The average Bonchev–Trinajstić information content (AvgIpc) is 2.53. The number of benzene rings is 1. The van der Waals surface area contributed by atoms with Crippen LogP contribution >= 0.6 is 0 Å². The van der Waals surface area contributed by atoms with Gasteiger partial charge in [0.2, 0.25) is 15.9 Å². The van der Waals surface area contributed by atoms with E-state index in [0.717, 1.165) is 11.1 Å². The van der Waals surface area contributed by atoms with Crippen LogP contribution in [0.4, 0.5) is 0 Å². The number of hydrogen-bond donors (Lipinski definition) is 0. The second-order valence-electron chi connectivity index (χ2n) is 7.73. The summed E-state index contributed by atoms with van der Waals surface area (Å²) >= 11 is 0. The van der Waals surface area contributed by atoms with Gasteiger partial charge in [-0.15, -0.1) is 0 Å². The molecule has 6 heteroatoms. The van der Waals surface area contributed by atoms with Crippen molar-refractivity contribution < 1.29 is 13.2 Å². The Hall–Kier alpha value is -1.66. The number of carbonyl (C=O) groups is 1. The second-order valence-corrected chi connectivity index (χ2v) is 9.66. The summed E-state index contributed by atoms with van der Waals surface area (Å²) < 4.78 is 27.1. The van der Waals surface area contributed by atoms with Crippen LogP contribution in [0.2, 0.25) is 0 Å². The van der Waals surface area contributed by atoms with Crippen LogP contribution in [0.1, 0.15) is 40.2 Å². The molecule has 1 aromatic carbocycles. The van der Waals surface area contributed by atoms with Crippen LogP contribution in [-0.4, -0.2) is 49.7 Å². The molecule has 0 N–H and O–H groups in total. The Morgan fingerprint density at radius 2 is 1.52 bits per heavy atom. The van der Waals surface area contributed by atoms with Crippen molar-refractivity contribution in [2.45, 2.75) is 44.9 Å². The van der Waals surface area contributed by atoms with E-state index in [1.54, 1.807) is 23.1 Å². The van der Waals surface area contributed by atoms with Gasteiger partial charge in [0, 0.05) is 32.3 Å². The van der Waals surface area contributed by atoms with Gasteiger partial charge in [-0.3, -0.25) is 4.79 Å². The molecule has 1 saturated heterocycles. The number of nitrogens with zero attached hydrogens (tertiary/aromatic N) is 2. The number of piperazine rings is 1. The molecule has 0 aromatic heterocycles. The fourth-order valence-electron chi connectivity index (χ4n) is 2.76. The third kappa shape index (κ3) is 4.70. The zero-order valence-electron chi connectivity index (χ0n) is 15.7. The SMILES string of the molecule is CC(C)=CC(=O)N1CCN(S(=O)(=O)c2ccc(C(C)(C)C)cc2)CC1. The van der Waals surface area contributed by atoms with Crippen molar-refractivity contribution in [3.63, 3.8) is 0 Å². The van der Waals surface area contributed by atoms with E-state index in [0.29, 0.717) is 31.1 Å². The maximum atomic E-state index is 12.8. The van der Waals surface area contributed by atoms with Crippen LogP contribution in [0, 0.1) is 0 Å². The smallest absolute Gasteiger partial charge is 0.246 e. The van der Waals surface area contributed by atoms with Crippen LogP contribution in [0.3, 0.4) is 0 Å². The normalized spacial score (nSPS) is 16.6. The fraction of sp³-hybridized carbons (Fsp3) is 0.526. The van der Waals surface area contributed by atoms with E-state index in [1.807, 2.05) is 26.0 Å². The Labute approximate surface area is 151 Å². The molecule has 1 aliphatic rings. The van der Waals surface area contributed by atoms with Gasteiger partial charge in [-0.2, -0.15) is 4.31 Å². The number of carbonyl (C=O) groups excluding carboxylic acids is 1. The first kappa shape index (κ1) is 19.7. The van der Waals surface area contributed by atoms with Gasteiger partial charge in [0.15, 0.2) is 0 Å². The van der Waals surface area contributed by atoms with Crippen molar-refractivity contribution in [3.8, 4) is 0 Å². The molecular formula is C19H28N2O3S. The monoisotopic (exact) mass is 364 g/mol. The van der Waals surface area contributed by atoms with Gasteiger partial charge in [-0.05, 0) is 37.0 Å². The number of allylic oxidation sites excluding steroid dienone is 1. The molecule has 0 bridgehead atoms. The molecule has 0 radical (unpaired) electrons. The summed E-state index contributed by atoms with van der Waals surface area (Å²) in [5.74, 6) is -0.0495. The van der Waals surface area contributed by atoms with Crippen molar-refractivity contribution in [2.24, 2.45) is 0 Å². The zero-order chi connectivity index (χ0) is 18.8. The molecule has 138 valence electrons. The minimum atomic E-state index is -3.52. The number of sulfonamides is 1. The second kappa shape index (κ2) is 7.30. The molecule has 1 amide bonds. The standard InChI is InChI=1S/C19H28N2O3S/c1-15(2)14-18(22)20-10-12-21(13-11-20)25(23,24)17-8-6-16(7-9-17)19(3,4)5/h6-9,14H,10-13H2,1-5H3. The van der Waals surface area contributed by atoms with Gasteiger partial charge >= 0.3 is 0 Å². The highest BCUT2D eigenvalue weighted by molar-refractivity contribution is 7.89. The molecule has 5 nitrogen and oxygen atoms in total. The molecule has 1 aromatic rings. The van der Waals surface area contributed by atoms with Crippen molar-refractivity contribution in [3.05, 3.63) is 41.5 Å². The predicted molar refractivity (Wildman–Crippen MR) is 99.9 cm³/mol. The molecule has 0 unspecified atom stereocenters. The maximum Gasteiger partial charge on any atom is 0.246 e. The molecule has 0 atom stereocenters. The van der Waals surface area contributed by atoms with E-state index in [1.165, 1.54) is 4.31 Å². The highest BCUT2D eigenvalue weighted by Crippen LogP contribution is 2.25. The molecule has 1 fully saturated rings. The quantitative estimate of drug-likeness (QED) is 0.775. The van der Waals surface area contributed by atoms with Gasteiger partial charge in [0.05, 0.1) is 4.90 Å². The van der Waals surface area contributed by atoms with E-state index < -0.39 is 10.0 Å². The Morgan fingerprint density at radius 3 is 1.96 bits per heavy atom. The summed E-state index contributed by atoms with van der Waals surface area (Å²) in [6, 6.07) is 7.11. The number of amides is 1. The molecule has 0 aliphatic carbocycles. The van der Waals surface area contributed by atoms with E-state index in [2.05, 4.69) is 20.8 Å². The lowest BCUT2D eigenvalue weighted by Gasteiger charge is -2.33. The third-order valence-electron chi connectivity index (χ3n) is 4.32. The zero-order valence-corrected chi connectivity index (χ0v) is 16.6. The average molecular weight is 365 g/mol. The first-order valence-electron chi connectivity index (χ1n) is 8.56. The van der Waals surface area contributed by atoms with E-state index in [9.17, 15) is 13.2 Å². The van der Waals surface area contributed by atoms with Gasteiger partial charge in [-0.25, -0.2) is 8.42 Å². The number of hydrogen-bond acceptors (Lipinski definition) is 3. The van der Waals surface area contributed by atoms with Crippen molar-refractivity contribution in [2.75, 3.05) is 26.2 Å². The summed E-state index contributed by atoms with van der Waals surface area (Å²) in [4.78, 5) is 14.1. The molecule has 25 heavy (non-hydrogen) atoms. The van der Waals surface area contributed by atoms with Crippen LogP contribution in [0.5, 0.6) is 0 Å². The van der Waals surface area contributed by atoms with E-state index in [4.69, 9.17) is 0 Å². The van der Waals surface area contributed by atoms with Crippen molar-refractivity contribution in [1.82, 2.24) is 9.21 Å². The molecule has 0 spiro atoms. The largest absolute Gasteiger partial charge is 0.337 e. The first-order valence-corrected chi connectivity index (χ1v) is 10.0. The Balaban J connectivity index is 2.09. The summed E-state index contributed by atoms with van der Waals surface area (Å²) in [5, 5.41) is 0.